The number of hydrogen-bond donors (Lipinski definition) is 0. The molecule has 148 valence electrons. The minimum Gasteiger partial charge on any atom is -0.219 e. The molecule has 0 saturated carbocycles. The highest BCUT2D eigenvalue weighted by molar-refractivity contribution is 7.99. The highest BCUT2D eigenvalue weighted by atomic mass is 32.2. The first-order chi connectivity index (χ1) is 13.1. The molecule has 1 aromatic heterocycles. The van der Waals surface area contributed by atoms with Crippen LogP contribution in [0.3, 0.4) is 0 Å². The molecule has 0 unspecified atom stereocenters. The van der Waals surface area contributed by atoms with E-state index < -0.39 is 23.5 Å². The number of alkyl halides is 6. The first kappa shape index (κ1) is 20.2. The molecule has 3 nitrogen and oxygen atoms in total. The van der Waals surface area contributed by atoms with Crippen LogP contribution in [0.1, 0.15) is 18.1 Å². The molecule has 0 atom stereocenters. The van der Waals surface area contributed by atoms with Gasteiger partial charge in [-0.25, -0.2) is 4.68 Å². The van der Waals surface area contributed by atoms with Gasteiger partial charge in [-0.05, 0) is 36.1 Å². The summed E-state index contributed by atoms with van der Waals surface area (Å²) in [5.41, 5.74) is -2.55. The van der Waals surface area contributed by atoms with Crippen LogP contribution in [0.2, 0.25) is 0 Å². The molecule has 0 radical (unpaired) electrons. The first-order valence-electron chi connectivity index (χ1n) is 8.04. The molecule has 0 aliphatic carbocycles. The van der Waals surface area contributed by atoms with E-state index in [0.717, 1.165) is 10.6 Å². The number of nitrogens with zero attached hydrogens (tertiary/aromatic N) is 3. The Morgan fingerprint density at radius 2 is 1.54 bits per heavy atom. The Labute approximate surface area is 160 Å². The molecule has 0 bridgehead atoms. The van der Waals surface area contributed by atoms with Crippen LogP contribution in [0.25, 0.3) is 16.9 Å². The van der Waals surface area contributed by atoms with Gasteiger partial charge in [-0.2, -0.15) is 26.3 Å². The van der Waals surface area contributed by atoms with Crippen molar-refractivity contribution in [2.24, 2.45) is 0 Å². The van der Waals surface area contributed by atoms with Crippen LogP contribution in [0, 0.1) is 0 Å². The number of aromatic nitrogens is 3. The first-order valence-corrected chi connectivity index (χ1v) is 9.02. The van der Waals surface area contributed by atoms with E-state index in [4.69, 9.17) is 0 Å². The second-order valence-electron chi connectivity index (χ2n) is 5.74. The van der Waals surface area contributed by atoms with Crippen molar-refractivity contribution in [2.45, 2.75) is 24.2 Å². The Balaban J connectivity index is 2.09. The van der Waals surface area contributed by atoms with Crippen molar-refractivity contribution in [3.8, 4) is 16.9 Å². The maximum atomic E-state index is 13.0. The van der Waals surface area contributed by atoms with Gasteiger partial charge in [-0.1, -0.05) is 24.3 Å². The summed E-state index contributed by atoms with van der Waals surface area (Å²) in [7, 11) is 0. The third kappa shape index (κ3) is 4.32. The predicted molar refractivity (Wildman–Crippen MR) is 93.2 cm³/mol. The van der Waals surface area contributed by atoms with Crippen molar-refractivity contribution < 1.29 is 26.3 Å². The molecule has 0 N–H and O–H groups in total. The van der Waals surface area contributed by atoms with Crippen molar-refractivity contribution >= 4 is 11.8 Å². The number of benzene rings is 2. The molecule has 3 rings (SSSR count). The molecule has 0 fully saturated rings. The fraction of sp³-hybridized carbons (Fsp3) is 0.222. The highest BCUT2D eigenvalue weighted by Gasteiger charge is 2.37. The van der Waals surface area contributed by atoms with E-state index in [2.05, 4.69) is 10.3 Å². The van der Waals surface area contributed by atoms with Crippen molar-refractivity contribution in [2.75, 3.05) is 5.75 Å². The summed E-state index contributed by atoms with van der Waals surface area (Å²) in [4.78, 5) is 0.862. The molecule has 0 saturated heterocycles. The van der Waals surface area contributed by atoms with E-state index in [1.54, 1.807) is 12.1 Å². The number of thioether (sulfide) groups is 1. The van der Waals surface area contributed by atoms with Gasteiger partial charge in [0.05, 0.1) is 23.0 Å². The Kier molecular flexibility index (Phi) is 5.42. The van der Waals surface area contributed by atoms with Gasteiger partial charge in [0.25, 0.3) is 0 Å². The Morgan fingerprint density at radius 1 is 0.929 bits per heavy atom. The quantitative estimate of drug-likeness (QED) is 0.381. The second-order valence-corrected chi connectivity index (χ2v) is 7.05. The van der Waals surface area contributed by atoms with Crippen LogP contribution in [0.5, 0.6) is 0 Å². The molecule has 3 aromatic rings. The summed E-state index contributed by atoms with van der Waals surface area (Å²) in [5.74, 6) is 0.779. The molecule has 10 heteroatoms. The molecule has 0 aliphatic heterocycles. The average Bonchev–Trinajstić information content (AvgIpc) is 3.10. The number of para-hydroxylation sites is 1. The zero-order valence-electron chi connectivity index (χ0n) is 14.3. The lowest BCUT2D eigenvalue weighted by molar-refractivity contribution is -0.143. The summed E-state index contributed by atoms with van der Waals surface area (Å²) in [6.45, 7) is 1.95. The molecule has 2 aromatic carbocycles. The summed E-state index contributed by atoms with van der Waals surface area (Å²) >= 11 is 1.53. The summed E-state index contributed by atoms with van der Waals surface area (Å²) in [6, 6.07) is 8.51. The van der Waals surface area contributed by atoms with Crippen LogP contribution < -0.4 is 0 Å². The van der Waals surface area contributed by atoms with E-state index >= 15 is 0 Å². The Bertz CT molecular complexity index is 946. The summed E-state index contributed by atoms with van der Waals surface area (Å²) in [5, 5.41) is 7.66. The van der Waals surface area contributed by atoms with Crippen molar-refractivity contribution in [3.63, 3.8) is 0 Å². The van der Waals surface area contributed by atoms with Crippen LogP contribution in [0.4, 0.5) is 26.3 Å². The third-order valence-electron chi connectivity index (χ3n) is 3.79. The van der Waals surface area contributed by atoms with E-state index in [9.17, 15) is 26.3 Å². The third-order valence-corrected chi connectivity index (χ3v) is 4.73. The van der Waals surface area contributed by atoms with Gasteiger partial charge < -0.3 is 0 Å². The highest BCUT2D eigenvalue weighted by Crippen LogP contribution is 2.38. The molecule has 0 amide bonds. The standard InChI is InChI=1S/C18H13F6N3S/c1-2-28-16-6-4-3-5-15(16)27-10-14(25-26-27)11-7-12(17(19,20)21)9-13(8-11)18(22,23)24/h3-10H,2H2,1H3. The van der Waals surface area contributed by atoms with Crippen molar-refractivity contribution in [1.82, 2.24) is 15.0 Å². The van der Waals surface area contributed by atoms with E-state index in [0.29, 0.717) is 17.8 Å². The lowest BCUT2D eigenvalue weighted by Crippen LogP contribution is -2.11. The largest absolute Gasteiger partial charge is 0.416 e. The molecule has 1 heterocycles. The fourth-order valence-corrected chi connectivity index (χ4v) is 3.34. The summed E-state index contributed by atoms with van der Waals surface area (Å²) in [6.07, 6.45) is -8.53. The van der Waals surface area contributed by atoms with Gasteiger partial charge in [-0.15, -0.1) is 16.9 Å². The fourth-order valence-electron chi connectivity index (χ4n) is 2.54. The van der Waals surface area contributed by atoms with Crippen molar-refractivity contribution in [3.05, 3.63) is 59.8 Å². The normalized spacial score (nSPS) is 12.4. The monoisotopic (exact) mass is 417 g/mol. The maximum Gasteiger partial charge on any atom is 0.416 e. The average molecular weight is 417 g/mol. The number of halogens is 6. The van der Waals surface area contributed by atoms with Gasteiger partial charge in [-0.3, -0.25) is 0 Å². The number of hydrogen-bond acceptors (Lipinski definition) is 3. The minimum absolute atomic E-state index is 0.0844. The van der Waals surface area contributed by atoms with Gasteiger partial charge in [0.2, 0.25) is 0 Å². The number of rotatable bonds is 4. The zero-order valence-corrected chi connectivity index (χ0v) is 15.2. The zero-order chi connectivity index (χ0) is 20.5. The Morgan fingerprint density at radius 3 is 2.11 bits per heavy atom. The van der Waals surface area contributed by atoms with E-state index in [1.807, 2.05) is 19.1 Å². The van der Waals surface area contributed by atoms with E-state index in [1.165, 1.54) is 22.6 Å². The lowest BCUT2D eigenvalue weighted by Gasteiger charge is -2.13. The topological polar surface area (TPSA) is 30.7 Å². The van der Waals surface area contributed by atoms with Crippen LogP contribution in [-0.2, 0) is 12.4 Å². The summed E-state index contributed by atoms with van der Waals surface area (Å²) < 4.78 is 79.6. The lowest BCUT2D eigenvalue weighted by atomic mass is 10.0. The second kappa shape index (κ2) is 7.50. The Hall–Kier alpha value is -2.49. The molecule has 0 spiro atoms. The van der Waals surface area contributed by atoms with Gasteiger partial charge in [0, 0.05) is 10.5 Å². The van der Waals surface area contributed by atoms with Crippen LogP contribution in [0.15, 0.2) is 53.6 Å². The molecular weight excluding hydrogens is 404 g/mol. The van der Waals surface area contributed by atoms with E-state index in [-0.39, 0.29) is 17.3 Å². The SMILES string of the molecule is CCSc1ccccc1-n1cc(-c2cc(C(F)(F)F)cc(C(F)(F)F)c2)nn1. The van der Waals surface area contributed by atoms with Crippen LogP contribution >= 0.6 is 11.8 Å². The maximum absolute atomic E-state index is 13.0. The van der Waals surface area contributed by atoms with Gasteiger partial charge >= 0.3 is 12.4 Å². The molecule has 28 heavy (non-hydrogen) atoms. The molecular formula is C18H13F6N3S. The van der Waals surface area contributed by atoms with Gasteiger partial charge in [0.15, 0.2) is 0 Å². The molecule has 0 aliphatic rings. The van der Waals surface area contributed by atoms with Crippen molar-refractivity contribution in [1.29, 1.82) is 0 Å². The van der Waals surface area contributed by atoms with Gasteiger partial charge in [0.1, 0.15) is 5.69 Å². The van der Waals surface area contributed by atoms with Crippen LogP contribution in [-0.4, -0.2) is 20.7 Å². The predicted octanol–water partition coefficient (Wildman–Crippen LogP) is 6.08. The minimum atomic E-state index is -4.92. The smallest absolute Gasteiger partial charge is 0.219 e.